The fraction of sp³-hybridized carbons (Fsp3) is 0.200. The lowest BCUT2D eigenvalue weighted by Crippen LogP contribution is -2.03. The zero-order chi connectivity index (χ0) is 11.4. The molecule has 1 nitrogen and oxygen atoms in total. The van der Waals surface area contributed by atoms with Crippen LogP contribution in [0.5, 0.6) is 0 Å². The van der Waals surface area contributed by atoms with Crippen LogP contribution in [0.2, 0.25) is 0 Å². The van der Waals surface area contributed by atoms with Crippen LogP contribution in [0.3, 0.4) is 0 Å². The van der Waals surface area contributed by atoms with Crippen LogP contribution in [0.4, 0.5) is 0 Å². The Labute approximate surface area is 96.4 Å². The number of aliphatic hydroxyl groups excluding tert-OH is 1. The van der Waals surface area contributed by atoms with Crippen LogP contribution in [-0.4, -0.2) is 11.2 Å². The average molecular weight is 212 g/mol. The first-order valence-corrected chi connectivity index (χ1v) is 5.58. The van der Waals surface area contributed by atoms with E-state index >= 15 is 0 Å². The molecule has 0 spiro atoms. The minimum Gasteiger partial charge on any atom is -0.393 e. The van der Waals surface area contributed by atoms with Gasteiger partial charge in [0.1, 0.15) is 0 Å². The number of hydrogen-bond acceptors (Lipinski definition) is 1. The molecular formula is C15H16O. The molecule has 0 saturated heterocycles. The molecule has 0 aliphatic carbocycles. The maximum atomic E-state index is 9.29. The topological polar surface area (TPSA) is 20.2 Å². The van der Waals surface area contributed by atoms with Gasteiger partial charge in [0, 0.05) is 0 Å². The molecule has 0 aliphatic heterocycles. The summed E-state index contributed by atoms with van der Waals surface area (Å²) in [6.45, 7) is 1.81. The van der Waals surface area contributed by atoms with E-state index in [1.807, 2.05) is 25.1 Å². The summed E-state index contributed by atoms with van der Waals surface area (Å²) in [5, 5.41) is 9.29. The van der Waals surface area contributed by atoms with E-state index in [9.17, 15) is 5.11 Å². The van der Waals surface area contributed by atoms with Crippen molar-refractivity contribution in [2.45, 2.75) is 19.4 Å². The zero-order valence-electron chi connectivity index (χ0n) is 9.43. The smallest absolute Gasteiger partial charge is 0.0552 e. The lowest BCUT2D eigenvalue weighted by Gasteiger charge is -2.06. The molecular weight excluding hydrogens is 196 g/mol. The molecule has 0 amide bonds. The van der Waals surface area contributed by atoms with Crippen molar-refractivity contribution >= 4 is 0 Å². The first-order valence-electron chi connectivity index (χ1n) is 5.58. The van der Waals surface area contributed by atoms with Crippen molar-refractivity contribution in [2.24, 2.45) is 0 Å². The molecule has 0 heterocycles. The second kappa shape index (κ2) is 4.95. The van der Waals surface area contributed by atoms with Crippen molar-refractivity contribution in [2.75, 3.05) is 0 Å². The maximum Gasteiger partial charge on any atom is 0.0552 e. The van der Waals surface area contributed by atoms with Gasteiger partial charge in [-0.15, -0.1) is 0 Å². The van der Waals surface area contributed by atoms with E-state index in [4.69, 9.17) is 0 Å². The summed E-state index contributed by atoms with van der Waals surface area (Å²) in [6, 6.07) is 18.7. The van der Waals surface area contributed by atoms with Crippen molar-refractivity contribution in [3.63, 3.8) is 0 Å². The first-order chi connectivity index (χ1) is 7.75. The van der Waals surface area contributed by atoms with Crippen LogP contribution in [-0.2, 0) is 6.42 Å². The lowest BCUT2D eigenvalue weighted by atomic mass is 10.0. The van der Waals surface area contributed by atoms with Crippen LogP contribution in [0, 0.1) is 0 Å². The third-order valence-corrected chi connectivity index (χ3v) is 2.59. The maximum absolute atomic E-state index is 9.29. The second-order valence-corrected chi connectivity index (χ2v) is 4.12. The normalized spacial score (nSPS) is 12.4. The molecule has 0 unspecified atom stereocenters. The predicted octanol–water partition coefficient (Wildman–Crippen LogP) is 3.28. The summed E-state index contributed by atoms with van der Waals surface area (Å²) in [5.74, 6) is 0. The van der Waals surface area contributed by atoms with Crippen LogP contribution in [0.1, 0.15) is 12.5 Å². The number of aliphatic hydroxyl groups is 1. The molecule has 1 atom stereocenters. The molecule has 16 heavy (non-hydrogen) atoms. The summed E-state index contributed by atoms with van der Waals surface area (Å²) >= 11 is 0. The van der Waals surface area contributed by atoms with Gasteiger partial charge in [-0.25, -0.2) is 0 Å². The summed E-state index contributed by atoms with van der Waals surface area (Å²) in [7, 11) is 0. The summed E-state index contributed by atoms with van der Waals surface area (Å²) in [4.78, 5) is 0. The zero-order valence-corrected chi connectivity index (χ0v) is 9.43. The number of hydrogen-bond donors (Lipinski definition) is 1. The molecule has 1 N–H and O–H groups in total. The molecule has 0 aromatic heterocycles. The quantitative estimate of drug-likeness (QED) is 0.827. The van der Waals surface area contributed by atoms with Crippen molar-refractivity contribution < 1.29 is 5.11 Å². The average Bonchev–Trinajstić information content (AvgIpc) is 2.30. The Morgan fingerprint density at radius 3 is 2.00 bits per heavy atom. The molecule has 1 heteroatoms. The Morgan fingerprint density at radius 2 is 1.44 bits per heavy atom. The van der Waals surface area contributed by atoms with Gasteiger partial charge < -0.3 is 5.11 Å². The van der Waals surface area contributed by atoms with E-state index < -0.39 is 0 Å². The third kappa shape index (κ3) is 2.71. The molecule has 0 saturated carbocycles. The monoisotopic (exact) mass is 212 g/mol. The fourth-order valence-corrected chi connectivity index (χ4v) is 1.80. The summed E-state index contributed by atoms with van der Waals surface area (Å²) in [6.07, 6.45) is 0.442. The highest BCUT2D eigenvalue weighted by molar-refractivity contribution is 5.63. The van der Waals surface area contributed by atoms with Crippen molar-refractivity contribution in [1.82, 2.24) is 0 Å². The van der Waals surface area contributed by atoms with E-state index in [0.717, 1.165) is 6.42 Å². The highest BCUT2D eigenvalue weighted by Crippen LogP contribution is 2.19. The van der Waals surface area contributed by atoms with Crippen molar-refractivity contribution in [3.05, 3.63) is 60.2 Å². The minimum absolute atomic E-state index is 0.275. The lowest BCUT2D eigenvalue weighted by molar-refractivity contribution is 0.195. The first kappa shape index (κ1) is 10.9. The number of rotatable bonds is 3. The molecule has 0 bridgehead atoms. The van der Waals surface area contributed by atoms with Gasteiger partial charge in [-0.3, -0.25) is 0 Å². The fourth-order valence-electron chi connectivity index (χ4n) is 1.80. The molecule has 2 aromatic carbocycles. The van der Waals surface area contributed by atoms with Crippen LogP contribution < -0.4 is 0 Å². The minimum atomic E-state index is -0.275. The van der Waals surface area contributed by atoms with E-state index in [0.29, 0.717) is 0 Å². The van der Waals surface area contributed by atoms with Gasteiger partial charge in [0.25, 0.3) is 0 Å². The molecule has 2 aromatic rings. The Balaban J connectivity index is 2.20. The standard InChI is InChI=1S/C15H16O/c1-12(16)11-13-7-9-15(10-8-13)14-5-3-2-4-6-14/h2-10,12,16H,11H2,1H3/t12-/m0/s1. The molecule has 0 radical (unpaired) electrons. The highest BCUT2D eigenvalue weighted by Gasteiger charge is 2.00. The molecule has 0 aliphatic rings. The van der Waals surface area contributed by atoms with Gasteiger partial charge in [0.2, 0.25) is 0 Å². The van der Waals surface area contributed by atoms with E-state index in [1.54, 1.807) is 0 Å². The van der Waals surface area contributed by atoms with Crippen LogP contribution in [0.15, 0.2) is 54.6 Å². The van der Waals surface area contributed by atoms with E-state index in [2.05, 4.69) is 36.4 Å². The SMILES string of the molecule is C[C@H](O)Cc1ccc(-c2ccccc2)cc1. The molecule has 2 rings (SSSR count). The van der Waals surface area contributed by atoms with Crippen LogP contribution >= 0.6 is 0 Å². The Bertz CT molecular complexity index is 429. The number of benzene rings is 2. The molecule has 82 valence electrons. The Morgan fingerprint density at radius 1 is 0.875 bits per heavy atom. The Kier molecular flexibility index (Phi) is 3.37. The van der Waals surface area contributed by atoms with Gasteiger partial charge in [-0.05, 0) is 30.0 Å². The predicted molar refractivity (Wildman–Crippen MR) is 67.3 cm³/mol. The molecule has 0 fully saturated rings. The summed E-state index contributed by atoms with van der Waals surface area (Å²) in [5.41, 5.74) is 3.62. The van der Waals surface area contributed by atoms with Gasteiger partial charge in [-0.2, -0.15) is 0 Å². The van der Waals surface area contributed by atoms with Crippen LogP contribution in [0.25, 0.3) is 11.1 Å². The van der Waals surface area contributed by atoms with E-state index in [-0.39, 0.29) is 6.10 Å². The van der Waals surface area contributed by atoms with Gasteiger partial charge in [0.05, 0.1) is 6.10 Å². The Hall–Kier alpha value is -1.60. The second-order valence-electron chi connectivity index (χ2n) is 4.12. The summed E-state index contributed by atoms with van der Waals surface area (Å²) < 4.78 is 0. The van der Waals surface area contributed by atoms with E-state index in [1.165, 1.54) is 16.7 Å². The van der Waals surface area contributed by atoms with Gasteiger partial charge in [-0.1, -0.05) is 54.6 Å². The third-order valence-electron chi connectivity index (χ3n) is 2.59. The van der Waals surface area contributed by atoms with Crippen molar-refractivity contribution in [3.8, 4) is 11.1 Å². The van der Waals surface area contributed by atoms with Gasteiger partial charge in [0.15, 0.2) is 0 Å². The largest absolute Gasteiger partial charge is 0.393 e. The van der Waals surface area contributed by atoms with Crippen molar-refractivity contribution in [1.29, 1.82) is 0 Å². The highest BCUT2D eigenvalue weighted by atomic mass is 16.3. The van der Waals surface area contributed by atoms with Gasteiger partial charge >= 0.3 is 0 Å².